The van der Waals surface area contributed by atoms with Crippen LogP contribution in [0.4, 0.5) is 17.6 Å². The Balaban J connectivity index is 1.80. The van der Waals surface area contributed by atoms with E-state index in [1.165, 1.54) is 12.1 Å². The van der Waals surface area contributed by atoms with E-state index in [0.717, 1.165) is 44.9 Å². The lowest BCUT2D eigenvalue weighted by Crippen LogP contribution is -2.21. The van der Waals surface area contributed by atoms with Gasteiger partial charge in [0, 0.05) is 5.56 Å². The first-order valence-electron chi connectivity index (χ1n) is 8.81. The molecule has 0 heterocycles. The average molecular weight is 358 g/mol. The molecule has 3 rings (SSSR count). The summed E-state index contributed by atoms with van der Waals surface area (Å²) in [5, 5.41) is 0. The highest BCUT2D eigenvalue weighted by Crippen LogP contribution is 2.38. The van der Waals surface area contributed by atoms with E-state index < -0.39 is 17.9 Å². The number of benzene rings is 1. The molecule has 138 valence electrons. The van der Waals surface area contributed by atoms with Gasteiger partial charge in [-0.1, -0.05) is 31.4 Å². The first-order chi connectivity index (χ1) is 11.9. The summed E-state index contributed by atoms with van der Waals surface area (Å²) in [5.41, 5.74) is 0.0853. The molecule has 2 fully saturated rings. The van der Waals surface area contributed by atoms with Crippen LogP contribution in [0.3, 0.4) is 0 Å². The second-order valence-corrected chi connectivity index (χ2v) is 6.86. The molecule has 0 aliphatic heterocycles. The normalized spacial score (nSPS) is 19.4. The van der Waals surface area contributed by atoms with Gasteiger partial charge in [0.05, 0.1) is 6.61 Å². The lowest BCUT2D eigenvalue weighted by molar-refractivity contribution is -0.276. The fourth-order valence-electron chi connectivity index (χ4n) is 3.26. The van der Waals surface area contributed by atoms with Gasteiger partial charge in [-0.05, 0) is 49.7 Å². The van der Waals surface area contributed by atoms with Crippen molar-refractivity contribution in [2.24, 2.45) is 11.8 Å². The molecule has 2 saturated carbocycles. The second-order valence-electron chi connectivity index (χ2n) is 6.86. The summed E-state index contributed by atoms with van der Waals surface area (Å²) in [6.07, 6.45) is 5.85. The smallest absolute Gasteiger partial charge is 0.489 e. The van der Waals surface area contributed by atoms with E-state index in [9.17, 15) is 17.6 Å². The minimum Gasteiger partial charge on any atom is -0.489 e. The third-order valence-electron chi connectivity index (χ3n) is 4.96. The van der Waals surface area contributed by atoms with E-state index >= 15 is 0 Å². The van der Waals surface area contributed by atoms with Crippen molar-refractivity contribution in [2.45, 2.75) is 51.3 Å². The number of rotatable bonds is 6. The highest BCUT2D eigenvalue weighted by atomic mass is 19.4. The molecular weight excluding hydrogens is 336 g/mol. The van der Waals surface area contributed by atoms with Crippen molar-refractivity contribution < 1.29 is 27.0 Å². The second kappa shape index (κ2) is 7.67. The standard InChI is InChI=1S/C19H22F4O2/c20-17-15(9-8-13-4-1-2-5-13)10-11-16(18(17)25-19(21,22)23)24-12-14-6-3-7-14/h8-11,13-14H,1-7,12H2/b9-8+. The molecule has 0 aromatic heterocycles. The maximum Gasteiger partial charge on any atom is 0.573 e. The molecule has 2 aliphatic carbocycles. The number of halogens is 4. The largest absolute Gasteiger partial charge is 0.573 e. The average Bonchev–Trinajstić information content (AvgIpc) is 3.00. The van der Waals surface area contributed by atoms with Crippen LogP contribution in [0, 0.1) is 17.7 Å². The van der Waals surface area contributed by atoms with Crippen LogP contribution in [0.1, 0.15) is 50.5 Å². The number of ether oxygens (including phenoxy) is 2. The Labute approximate surface area is 144 Å². The molecule has 0 radical (unpaired) electrons. The Morgan fingerprint density at radius 3 is 2.36 bits per heavy atom. The van der Waals surface area contributed by atoms with Crippen LogP contribution in [-0.4, -0.2) is 13.0 Å². The highest BCUT2D eigenvalue weighted by molar-refractivity contribution is 5.57. The van der Waals surface area contributed by atoms with Crippen LogP contribution in [0.15, 0.2) is 18.2 Å². The summed E-state index contributed by atoms with van der Waals surface area (Å²) in [5.74, 6) is -1.41. The van der Waals surface area contributed by atoms with Crippen LogP contribution in [0.5, 0.6) is 11.5 Å². The van der Waals surface area contributed by atoms with Crippen molar-refractivity contribution in [3.63, 3.8) is 0 Å². The van der Waals surface area contributed by atoms with E-state index in [0.29, 0.717) is 11.8 Å². The molecule has 0 bridgehead atoms. The Morgan fingerprint density at radius 1 is 1.04 bits per heavy atom. The van der Waals surface area contributed by atoms with Crippen molar-refractivity contribution in [1.82, 2.24) is 0 Å². The molecule has 0 spiro atoms. The van der Waals surface area contributed by atoms with Crippen molar-refractivity contribution in [1.29, 1.82) is 0 Å². The van der Waals surface area contributed by atoms with Crippen molar-refractivity contribution >= 4 is 6.08 Å². The third kappa shape index (κ3) is 4.89. The van der Waals surface area contributed by atoms with E-state index in [4.69, 9.17) is 4.74 Å². The van der Waals surface area contributed by atoms with Gasteiger partial charge in [0.1, 0.15) is 0 Å². The zero-order valence-corrected chi connectivity index (χ0v) is 13.9. The number of allylic oxidation sites excluding steroid dienone is 1. The third-order valence-corrected chi connectivity index (χ3v) is 4.96. The summed E-state index contributed by atoms with van der Waals surface area (Å²) in [7, 11) is 0. The molecule has 0 atom stereocenters. The molecular formula is C19H22F4O2. The molecule has 1 aromatic rings. The minimum absolute atomic E-state index is 0.0853. The van der Waals surface area contributed by atoms with Gasteiger partial charge in [-0.3, -0.25) is 0 Å². The molecule has 2 aliphatic rings. The molecule has 1 aromatic carbocycles. The van der Waals surface area contributed by atoms with Gasteiger partial charge in [0.25, 0.3) is 0 Å². The summed E-state index contributed by atoms with van der Waals surface area (Å²) in [6, 6.07) is 2.80. The first-order valence-corrected chi connectivity index (χ1v) is 8.81. The van der Waals surface area contributed by atoms with E-state index in [-0.39, 0.29) is 17.9 Å². The monoisotopic (exact) mass is 358 g/mol. The van der Waals surface area contributed by atoms with Crippen molar-refractivity contribution in [2.75, 3.05) is 6.61 Å². The SMILES string of the molecule is Fc1c(/C=C/C2CCCC2)ccc(OCC2CCC2)c1OC(F)(F)F. The van der Waals surface area contributed by atoms with Gasteiger partial charge in [-0.15, -0.1) is 13.2 Å². The van der Waals surface area contributed by atoms with E-state index in [2.05, 4.69) is 4.74 Å². The topological polar surface area (TPSA) is 18.5 Å². The fourth-order valence-corrected chi connectivity index (χ4v) is 3.26. The predicted molar refractivity (Wildman–Crippen MR) is 86.9 cm³/mol. The van der Waals surface area contributed by atoms with Gasteiger partial charge in [0.2, 0.25) is 5.75 Å². The molecule has 0 amide bonds. The van der Waals surface area contributed by atoms with Crippen LogP contribution >= 0.6 is 0 Å². The number of hydrogen-bond donors (Lipinski definition) is 0. The zero-order valence-electron chi connectivity index (χ0n) is 13.9. The predicted octanol–water partition coefficient (Wildman–Crippen LogP) is 6.11. The Kier molecular flexibility index (Phi) is 5.54. The van der Waals surface area contributed by atoms with Crippen molar-refractivity contribution in [3.05, 3.63) is 29.6 Å². The summed E-state index contributed by atoms with van der Waals surface area (Å²) < 4.78 is 62.0. The highest BCUT2D eigenvalue weighted by Gasteiger charge is 2.35. The number of alkyl halides is 3. The van der Waals surface area contributed by atoms with Gasteiger partial charge >= 0.3 is 6.36 Å². The molecule has 2 nitrogen and oxygen atoms in total. The van der Waals surface area contributed by atoms with Gasteiger partial charge < -0.3 is 9.47 Å². The van der Waals surface area contributed by atoms with Crippen LogP contribution in [-0.2, 0) is 0 Å². The van der Waals surface area contributed by atoms with Crippen LogP contribution in [0.2, 0.25) is 0 Å². The lowest BCUT2D eigenvalue weighted by atomic mass is 9.86. The van der Waals surface area contributed by atoms with E-state index in [1.807, 2.05) is 6.08 Å². The van der Waals surface area contributed by atoms with Gasteiger partial charge in [-0.25, -0.2) is 4.39 Å². The maximum atomic E-state index is 14.6. The van der Waals surface area contributed by atoms with Gasteiger partial charge in [-0.2, -0.15) is 0 Å². The molecule has 0 N–H and O–H groups in total. The number of hydrogen-bond acceptors (Lipinski definition) is 2. The molecule has 0 saturated heterocycles. The maximum absolute atomic E-state index is 14.6. The molecule has 25 heavy (non-hydrogen) atoms. The first kappa shape index (κ1) is 18.1. The fraction of sp³-hybridized carbons (Fsp3) is 0.579. The molecule has 6 heteroatoms. The zero-order chi connectivity index (χ0) is 17.9. The molecule has 0 unspecified atom stereocenters. The lowest BCUT2D eigenvalue weighted by Gasteiger charge is -2.25. The van der Waals surface area contributed by atoms with Crippen LogP contribution in [0.25, 0.3) is 6.08 Å². The van der Waals surface area contributed by atoms with Crippen molar-refractivity contribution in [3.8, 4) is 11.5 Å². The summed E-state index contributed by atoms with van der Waals surface area (Å²) in [4.78, 5) is 0. The Hall–Kier alpha value is -1.72. The van der Waals surface area contributed by atoms with E-state index in [1.54, 1.807) is 6.08 Å². The summed E-state index contributed by atoms with van der Waals surface area (Å²) in [6.45, 7) is 0.283. The Bertz CT molecular complexity index is 615. The minimum atomic E-state index is -4.97. The van der Waals surface area contributed by atoms with Gasteiger partial charge in [0.15, 0.2) is 11.6 Å². The van der Waals surface area contributed by atoms with Crippen LogP contribution < -0.4 is 9.47 Å². The summed E-state index contributed by atoms with van der Waals surface area (Å²) >= 11 is 0. The Morgan fingerprint density at radius 2 is 1.76 bits per heavy atom. The quantitative estimate of drug-likeness (QED) is 0.572.